The van der Waals surface area contributed by atoms with Crippen molar-refractivity contribution >= 4 is 0 Å². The van der Waals surface area contributed by atoms with Gasteiger partial charge in [-0.05, 0) is 38.3 Å². The number of nitrogens with zero attached hydrogens (tertiary/aromatic N) is 2. The Morgan fingerprint density at radius 3 is 2.67 bits per heavy atom. The van der Waals surface area contributed by atoms with Crippen molar-refractivity contribution in [3.63, 3.8) is 0 Å². The maximum Gasteiger partial charge on any atom is 0.0800 e. The molecule has 0 bridgehead atoms. The number of hydrogen-bond acceptors (Lipinski definition) is 3. The van der Waals surface area contributed by atoms with Gasteiger partial charge in [0.25, 0.3) is 0 Å². The van der Waals surface area contributed by atoms with Crippen molar-refractivity contribution in [3.05, 3.63) is 18.0 Å². The summed E-state index contributed by atoms with van der Waals surface area (Å²) < 4.78 is 7.57. The average Bonchev–Trinajstić information content (AvgIpc) is 2.79. The maximum atomic E-state index is 5.71. The zero-order chi connectivity index (χ0) is 13.6. The third kappa shape index (κ3) is 3.82. The van der Waals surface area contributed by atoms with Gasteiger partial charge < -0.3 is 10.1 Å². The standard InChI is InChI=1S/C14H27N3O/c1-6-14(3,18-5)13(15-7-2)9-8-12-10-16-17(4)11-12/h10-11,13,15H,6-9H2,1-5H3. The van der Waals surface area contributed by atoms with Crippen LogP contribution >= 0.6 is 0 Å². The zero-order valence-corrected chi connectivity index (χ0v) is 12.4. The summed E-state index contributed by atoms with van der Waals surface area (Å²) in [7, 11) is 3.76. The third-order valence-electron chi connectivity index (χ3n) is 3.84. The zero-order valence-electron chi connectivity index (χ0n) is 12.4. The smallest absolute Gasteiger partial charge is 0.0800 e. The lowest BCUT2D eigenvalue weighted by atomic mass is 9.89. The van der Waals surface area contributed by atoms with Crippen LogP contribution in [0.3, 0.4) is 0 Å². The Bertz CT molecular complexity index is 345. The quantitative estimate of drug-likeness (QED) is 0.771. The van der Waals surface area contributed by atoms with Gasteiger partial charge in [-0.15, -0.1) is 0 Å². The molecule has 2 unspecified atom stereocenters. The van der Waals surface area contributed by atoms with Gasteiger partial charge in [0.15, 0.2) is 0 Å². The predicted octanol–water partition coefficient (Wildman–Crippen LogP) is 2.15. The van der Waals surface area contributed by atoms with Crippen molar-refractivity contribution in [1.29, 1.82) is 0 Å². The summed E-state index contributed by atoms with van der Waals surface area (Å²) in [5.74, 6) is 0. The first-order valence-electron chi connectivity index (χ1n) is 6.81. The lowest BCUT2D eigenvalue weighted by molar-refractivity contribution is -0.0305. The fourth-order valence-corrected chi connectivity index (χ4v) is 2.31. The topological polar surface area (TPSA) is 39.1 Å². The lowest BCUT2D eigenvalue weighted by Gasteiger charge is -2.36. The number of hydrogen-bond donors (Lipinski definition) is 1. The minimum atomic E-state index is -0.0990. The van der Waals surface area contributed by atoms with E-state index in [1.165, 1.54) is 5.56 Å². The first-order chi connectivity index (χ1) is 8.55. The van der Waals surface area contributed by atoms with Crippen molar-refractivity contribution in [2.75, 3.05) is 13.7 Å². The minimum Gasteiger partial charge on any atom is -0.377 e. The first-order valence-corrected chi connectivity index (χ1v) is 6.81. The van der Waals surface area contributed by atoms with Gasteiger partial charge in [-0.3, -0.25) is 4.68 Å². The summed E-state index contributed by atoms with van der Waals surface area (Å²) in [4.78, 5) is 0. The summed E-state index contributed by atoms with van der Waals surface area (Å²) in [5.41, 5.74) is 1.19. The van der Waals surface area contributed by atoms with Crippen molar-refractivity contribution < 1.29 is 4.74 Å². The van der Waals surface area contributed by atoms with Crippen LogP contribution in [0.15, 0.2) is 12.4 Å². The van der Waals surface area contributed by atoms with E-state index in [0.717, 1.165) is 25.8 Å². The van der Waals surface area contributed by atoms with Crippen molar-refractivity contribution in [1.82, 2.24) is 15.1 Å². The Morgan fingerprint density at radius 1 is 1.50 bits per heavy atom. The van der Waals surface area contributed by atoms with E-state index in [2.05, 4.69) is 37.4 Å². The fraction of sp³-hybridized carbons (Fsp3) is 0.786. The molecule has 1 heterocycles. The lowest BCUT2D eigenvalue weighted by Crippen LogP contribution is -2.50. The van der Waals surface area contributed by atoms with Crippen LogP contribution in [0, 0.1) is 0 Å². The van der Waals surface area contributed by atoms with Crippen LogP contribution in [0.4, 0.5) is 0 Å². The summed E-state index contributed by atoms with van der Waals surface area (Å²) in [6, 6.07) is 0.373. The van der Waals surface area contributed by atoms with Crippen LogP contribution in [-0.4, -0.2) is 35.1 Å². The maximum absolute atomic E-state index is 5.71. The Kier molecular flexibility index (Phi) is 5.82. The molecule has 104 valence electrons. The second kappa shape index (κ2) is 6.90. The number of ether oxygens (including phenoxy) is 1. The highest BCUT2D eigenvalue weighted by Gasteiger charge is 2.31. The molecular weight excluding hydrogens is 226 g/mol. The molecular formula is C14H27N3O. The average molecular weight is 253 g/mol. The van der Waals surface area contributed by atoms with Gasteiger partial charge in [-0.25, -0.2) is 0 Å². The Balaban J connectivity index is 2.62. The van der Waals surface area contributed by atoms with E-state index < -0.39 is 0 Å². The molecule has 1 aromatic rings. The van der Waals surface area contributed by atoms with E-state index in [-0.39, 0.29) is 5.60 Å². The molecule has 0 saturated carbocycles. The highest BCUT2D eigenvalue weighted by atomic mass is 16.5. The molecule has 0 radical (unpaired) electrons. The van der Waals surface area contributed by atoms with Crippen molar-refractivity contribution in [3.8, 4) is 0 Å². The van der Waals surface area contributed by atoms with E-state index >= 15 is 0 Å². The number of aryl methyl sites for hydroxylation is 2. The molecule has 1 N–H and O–H groups in total. The highest BCUT2D eigenvalue weighted by molar-refractivity contribution is 5.05. The van der Waals surface area contributed by atoms with E-state index in [0.29, 0.717) is 6.04 Å². The van der Waals surface area contributed by atoms with Gasteiger partial charge in [-0.2, -0.15) is 5.10 Å². The van der Waals surface area contributed by atoms with E-state index in [9.17, 15) is 0 Å². The van der Waals surface area contributed by atoms with Crippen LogP contribution in [0.5, 0.6) is 0 Å². The summed E-state index contributed by atoms with van der Waals surface area (Å²) in [6.45, 7) is 7.47. The summed E-state index contributed by atoms with van der Waals surface area (Å²) in [5, 5.41) is 7.76. The molecule has 0 aromatic carbocycles. The van der Waals surface area contributed by atoms with Crippen molar-refractivity contribution in [2.24, 2.45) is 7.05 Å². The fourth-order valence-electron chi connectivity index (χ4n) is 2.31. The van der Waals surface area contributed by atoms with E-state index in [4.69, 9.17) is 4.74 Å². The predicted molar refractivity (Wildman–Crippen MR) is 74.7 cm³/mol. The SMILES string of the molecule is CCNC(CCc1cnn(C)c1)C(C)(CC)OC. The molecule has 2 atom stereocenters. The molecule has 0 aliphatic carbocycles. The van der Waals surface area contributed by atoms with Crippen LogP contribution in [-0.2, 0) is 18.2 Å². The molecule has 0 amide bonds. The van der Waals surface area contributed by atoms with Gasteiger partial charge in [-0.1, -0.05) is 13.8 Å². The summed E-state index contributed by atoms with van der Waals surface area (Å²) in [6.07, 6.45) is 7.13. The molecule has 0 aliphatic heterocycles. The van der Waals surface area contributed by atoms with E-state index in [1.54, 1.807) is 7.11 Å². The molecule has 4 nitrogen and oxygen atoms in total. The van der Waals surface area contributed by atoms with Crippen LogP contribution in [0.25, 0.3) is 0 Å². The van der Waals surface area contributed by atoms with E-state index in [1.807, 2.05) is 17.9 Å². The number of rotatable bonds is 8. The van der Waals surface area contributed by atoms with Crippen LogP contribution in [0.1, 0.15) is 39.2 Å². The van der Waals surface area contributed by atoms with Crippen LogP contribution in [0.2, 0.25) is 0 Å². The Labute approximate surface area is 111 Å². The normalized spacial score (nSPS) is 16.5. The molecule has 0 saturated heterocycles. The molecule has 4 heteroatoms. The molecule has 18 heavy (non-hydrogen) atoms. The number of likely N-dealkylation sites (N-methyl/N-ethyl adjacent to an activating group) is 1. The third-order valence-corrected chi connectivity index (χ3v) is 3.84. The molecule has 0 spiro atoms. The van der Waals surface area contributed by atoms with Gasteiger partial charge in [0, 0.05) is 26.4 Å². The number of aromatic nitrogens is 2. The van der Waals surface area contributed by atoms with Gasteiger partial charge in [0.2, 0.25) is 0 Å². The molecule has 0 fully saturated rings. The van der Waals surface area contributed by atoms with Gasteiger partial charge >= 0.3 is 0 Å². The second-order valence-corrected chi connectivity index (χ2v) is 5.04. The largest absolute Gasteiger partial charge is 0.377 e. The second-order valence-electron chi connectivity index (χ2n) is 5.04. The number of methoxy groups -OCH3 is 1. The van der Waals surface area contributed by atoms with Gasteiger partial charge in [0.1, 0.15) is 0 Å². The first kappa shape index (κ1) is 15.2. The monoisotopic (exact) mass is 253 g/mol. The van der Waals surface area contributed by atoms with Gasteiger partial charge in [0.05, 0.1) is 11.8 Å². The molecule has 1 rings (SSSR count). The van der Waals surface area contributed by atoms with Crippen molar-refractivity contribution in [2.45, 2.75) is 51.7 Å². The highest BCUT2D eigenvalue weighted by Crippen LogP contribution is 2.22. The Hall–Kier alpha value is -0.870. The summed E-state index contributed by atoms with van der Waals surface area (Å²) >= 11 is 0. The molecule has 0 aliphatic rings. The Morgan fingerprint density at radius 2 is 2.22 bits per heavy atom. The molecule has 1 aromatic heterocycles. The minimum absolute atomic E-state index is 0.0990. The van der Waals surface area contributed by atoms with Crippen LogP contribution < -0.4 is 5.32 Å². The number of nitrogens with one attached hydrogen (secondary N) is 1.